The molecule has 3 rings (SSSR count). The number of nitrogens with zero attached hydrogens (tertiary/aromatic N) is 1. The van der Waals surface area contributed by atoms with Gasteiger partial charge in [-0.25, -0.2) is 22.0 Å². The highest BCUT2D eigenvalue weighted by molar-refractivity contribution is 5.49. The van der Waals surface area contributed by atoms with Gasteiger partial charge in [-0.1, -0.05) is 0 Å². The molecule has 1 aliphatic rings. The number of aliphatic hydroxyl groups excluding tert-OH is 1. The minimum atomic E-state index is -5.04. The van der Waals surface area contributed by atoms with E-state index in [4.69, 9.17) is 0 Å². The highest BCUT2D eigenvalue weighted by atomic mass is 19.4. The molecular weight excluding hydrogens is 362 g/mol. The Kier molecular flexibility index (Phi) is 3.86. The van der Waals surface area contributed by atoms with Crippen molar-refractivity contribution in [3.63, 3.8) is 0 Å². The summed E-state index contributed by atoms with van der Waals surface area (Å²) < 4.78 is 106. The molecular formula is C15H9F8NO. The van der Waals surface area contributed by atoms with Crippen molar-refractivity contribution in [2.75, 3.05) is 0 Å². The van der Waals surface area contributed by atoms with Crippen molar-refractivity contribution in [2.45, 2.75) is 31.0 Å². The van der Waals surface area contributed by atoms with E-state index in [1.165, 1.54) is 0 Å². The van der Waals surface area contributed by atoms with Gasteiger partial charge in [0, 0.05) is 23.1 Å². The number of hydrogen-bond acceptors (Lipinski definition) is 1. The third kappa shape index (κ3) is 2.78. The second kappa shape index (κ2) is 5.45. The lowest BCUT2D eigenvalue weighted by atomic mass is 10.1. The molecule has 1 heterocycles. The smallest absolute Gasteiger partial charge is 0.382 e. The van der Waals surface area contributed by atoms with Gasteiger partial charge in [0.05, 0.1) is 17.5 Å². The summed E-state index contributed by atoms with van der Waals surface area (Å²) in [5.41, 5.74) is -4.46. The lowest BCUT2D eigenvalue weighted by Gasteiger charge is -2.16. The number of fused-ring (bicyclic) bond motifs is 1. The number of aromatic nitrogens is 1. The van der Waals surface area contributed by atoms with E-state index in [-0.39, 0.29) is 5.69 Å². The molecule has 1 aromatic heterocycles. The Hall–Kier alpha value is -2.10. The molecule has 0 aliphatic heterocycles. The van der Waals surface area contributed by atoms with Crippen LogP contribution in [0.15, 0.2) is 24.4 Å². The molecule has 1 aliphatic carbocycles. The van der Waals surface area contributed by atoms with E-state index < -0.39 is 59.3 Å². The Bertz CT molecular complexity index is 824. The molecule has 1 aromatic carbocycles. The topological polar surface area (TPSA) is 25.2 Å². The molecule has 0 saturated carbocycles. The van der Waals surface area contributed by atoms with Crippen LogP contribution >= 0.6 is 0 Å². The molecule has 2 aromatic rings. The van der Waals surface area contributed by atoms with Gasteiger partial charge in [-0.3, -0.25) is 0 Å². The number of hydrogen-bond donors (Lipinski definition) is 1. The van der Waals surface area contributed by atoms with Crippen LogP contribution in [0.4, 0.5) is 35.1 Å². The summed E-state index contributed by atoms with van der Waals surface area (Å²) in [5.74, 6) is -5.11. The highest BCUT2D eigenvalue weighted by Crippen LogP contribution is 2.50. The van der Waals surface area contributed by atoms with Gasteiger partial charge in [0.15, 0.2) is 0 Å². The molecule has 0 spiro atoms. The maximum atomic E-state index is 13.7. The monoisotopic (exact) mass is 371 g/mol. The van der Waals surface area contributed by atoms with Gasteiger partial charge in [-0.2, -0.15) is 13.2 Å². The predicted molar refractivity (Wildman–Crippen MR) is 69.3 cm³/mol. The van der Waals surface area contributed by atoms with Crippen LogP contribution in [0.2, 0.25) is 0 Å². The van der Waals surface area contributed by atoms with E-state index in [1.807, 2.05) is 0 Å². The van der Waals surface area contributed by atoms with E-state index in [2.05, 4.69) is 0 Å². The maximum absolute atomic E-state index is 13.7. The van der Waals surface area contributed by atoms with Crippen molar-refractivity contribution in [3.8, 4) is 5.69 Å². The zero-order chi connectivity index (χ0) is 18.7. The summed E-state index contributed by atoms with van der Waals surface area (Å²) in [4.78, 5) is 0. The second-order valence-corrected chi connectivity index (χ2v) is 5.62. The molecule has 1 N–H and O–H groups in total. The van der Waals surface area contributed by atoms with Gasteiger partial charge in [-0.05, 0) is 18.2 Å². The van der Waals surface area contributed by atoms with Crippen LogP contribution in [0.3, 0.4) is 0 Å². The average molecular weight is 371 g/mol. The van der Waals surface area contributed by atoms with E-state index in [0.717, 1.165) is 6.07 Å². The molecule has 136 valence electrons. The van der Waals surface area contributed by atoms with Crippen molar-refractivity contribution in [3.05, 3.63) is 52.6 Å². The normalized spacial score (nSPS) is 19.5. The first-order valence-corrected chi connectivity index (χ1v) is 6.88. The fraction of sp³-hybridized carbons (Fsp3) is 0.333. The van der Waals surface area contributed by atoms with Gasteiger partial charge >= 0.3 is 6.18 Å². The van der Waals surface area contributed by atoms with Gasteiger partial charge < -0.3 is 9.67 Å². The number of aliphatic hydroxyl groups is 1. The van der Waals surface area contributed by atoms with E-state index in [1.54, 1.807) is 0 Å². The number of alkyl halides is 7. The predicted octanol–water partition coefficient (Wildman–Crippen LogP) is 4.80. The quantitative estimate of drug-likeness (QED) is 0.754. The molecule has 0 saturated heterocycles. The van der Waals surface area contributed by atoms with Crippen molar-refractivity contribution in [2.24, 2.45) is 0 Å². The van der Waals surface area contributed by atoms with E-state index in [0.29, 0.717) is 22.9 Å². The summed E-state index contributed by atoms with van der Waals surface area (Å²) in [6.07, 6.45) is -11.7. The summed E-state index contributed by atoms with van der Waals surface area (Å²) in [5, 5.41) is 9.56. The standard InChI is InChI=1S/C15H9F8NO/c16-9-2-1-6(3-7(9)13(17)18)24-5-8(15(21,22)23)11-10(24)4-14(19,20)12(11)25/h1-3,5,12-13,25H,4H2/t12-/m0/s1. The SMILES string of the molecule is O[C@H]1c2c(C(F)(F)F)cn(-c3ccc(F)c(C(F)F)c3)c2CC1(F)F. The minimum Gasteiger partial charge on any atom is -0.382 e. The third-order valence-electron chi connectivity index (χ3n) is 4.02. The number of rotatable bonds is 2. The van der Waals surface area contributed by atoms with Crippen LogP contribution < -0.4 is 0 Å². The van der Waals surface area contributed by atoms with Crippen molar-refractivity contribution in [1.82, 2.24) is 4.57 Å². The molecule has 0 bridgehead atoms. The highest BCUT2D eigenvalue weighted by Gasteiger charge is 2.53. The lowest BCUT2D eigenvalue weighted by molar-refractivity contribution is -0.142. The number of benzene rings is 1. The first-order chi connectivity index (χ1) is 11.4. The Morgan fingerprint density at radius 1 is 1.20 bits per heavy atom. The first-order valence-electron chi connectivity index (χ1n) is 6.88. The van der Waals surface area contributed by atoms with Crippen LogP contribution in [0.5, 0.6) is 0 Å². The Morgan fingerprint density at radius 2 is 1.84 bits per heavy atom. The summed E-state index contributed by atoms with van der Waals surface area (Å²) in [7, 11) is 0. The Balaban J connectivity index is 2.23. The summed E-state index contributed by atoms with van der Waals surface area (Å²) >= 11 is 0. The zero-order valence-electron chi connectivity index (χ0n) is 12.1. The second-order valence-electron chi connectivity index (χ2n) is 5.62. The van der Waals surface area contributed by atoms with Crippen LogP contribution in [0.1, 0.15) is 34.9 Å². The van der Waals surface area contributed by atoms with Crippen LogP contribution in [-0.2, 0) is 12.6 Å². The van der Waals surface area contributed by atoms with Crippen molar-refractivity contribution in [1.29, 1.82) is 0 Å². The first kappa shape index (κ1) is 17.7. The Morgan fingerprint density at radius 3 is 2.40 bits per heavy atom. The van der Waals surface area contributed by atoms with Gasteiger partial charge in [0.1, 0.15) is 11.9 Å². The van der Waals surface area contributed by atoms with Gasteiger partial charge in [0.2, 0.25) is 0 Å². The van der Waals surface area contributed by atoms with Crippen LogP contribution in [0, 0.1) is 5.82 Å². The van der Waals surface area contributed by atoms with Crippen molar-refractivity contribution >= 4 is 0 Å². The summed E-state index contributed by atoms with van der Waals surface area (Å²) in [6.45, 7) is 0. The zero-order valence-corrected chi connectivity index (χ0v) is 12.1. The number of halogens is 8. The maximum Gasteiger partial charge on any atom is 0.418 e. The fourth-order valence-corrected chi connectivity index (χ4v) is 2.88. The lowest BCUT2D eigenvalue weighted by Crippen LogP contribution is -2.23. The van der Waals surface area contributed by atoms with E-state index in [9.17, 15) is 40.2 Å². The molecule has 0 unspecified atom stereocenters. The molecule has 1 atom stereocenters. The van der Waals surface area contributed by atoms with E-state index >= 15 is 0 Å². The summed E-state index contributed by atoms with van der Waals surface area (Å²) in [6, 6.07) is 2.09. The largest absolute Gasteiger partial charge is 0.418 e. The average Bonchev–Trinajstić information content (AvgIpc) is 2.94. The molecule has 0 radical (unpaired) electrons. The van der Waals surface area contributed by atoms with Crippen molar-refractivity contribution < 1.29 is 40.2 Å². The molecule has 0 amide bonds. The minimum absolute atomic E-state index is 0.339. The van der Waals surface area contributed by atoms with Crippen LogP contribution in [0.25, 0.3) is 5.69 Å². The Labute approximate surface area is 135 Å². The molecule has 2 nitrogen and oxygen atoms in total. The molecule has 0 fully saturated rings. The van der Waals surface area contributed by atoms with Gasteiger partial charge in [-0.15, -0.1) is 0 Å². The van der Waals surface area contributed by atoms with Crippen LogP contribution in [-0.4, -0.2) is 15.6 Å². The fourth-order valence-electron chi connectivity index (χ4n) is 2.88. The molecule has 10 heteroatoms. The molecule has 25 heavy (non-hydrogen) atoms. The third-order valence-corrected chi connectivity index (χ3v) is 4.02. The van der Waals surface area contributed by atoms with Gasteiger partial charge in [0.25, 0.3) is 12.3 Å².